The Balaban J connectivity index is 2.52. The van der Waals surface area contributed by atoms with Crippen molar-refractivity contribution in [2.45, 2.75) is 4.90 Å². The predicted octanol–water partition coefficient (Wildman–Crippen LogP) is 2.86. The van der Waals surface area contributed by atoms with Crippen LogP contribution in [0.25, 0.3) is 0 Å². The van der Waals surface area contributed by atoms with Gasteiger partial charge in [-0.05, 0) is 24.3 Å². The number of rotatable bonds is 3. The van der Waals surface area contributed by atoms with Gasteiger partial charge in [0.15, 0.2) is 0 Å². The average Bonchev–Trinajstić information content (AvgIpc) is 2.04. The smallest absolute Gasteiger partial charge is 0.0916 e. The normalized spacial score (nSPS) is 10.0. The topological polar surface area (TPSA) is 19.9 Å². The van der Waals surface area contributed by atoms with E-state index in [0.29, 0.717) is 5.75 Å². The van der Waals surface area contributed by atoms with E-state index in [1.165, 1.54) is 0 Å². The molecule has 0 bridgehead atoms. The molecular formula is C8H8ClOS. The van der Waals surface area contributed by atoms with Crippen molar-refractivity contribution < 1.29 is 5.11 Å². The van der Waals surface area contributed by atoms with Crippen molar-refractivity contribution in [3.05, 3.63) is 29.3 Å². The molecule has 0 saturated heterocycles. The fourth-order valence-corrected chi connectivity index (χ4v) is 1.46. The highest BCUT2D eigenvalue weighted by Crippen LogP contribution is 2.19. The van der Waals surface area contributed by atoms with Crippen LogP contribution in [0.4, 0.5) is 0 Å². The van der Waals surface area contributed by atoms with E-state index in [4.69, 9.17) is 11.6 Å². The minimum absolute atomic E-state index is 0.0344. The average molecular weight is 188 g/mol. The lowest BCUT2D eigenvalue weighted by Crippen LogP contribution is -1.82. The van der Waals surface area contributed by atoms with E-state index in [1.54, 1.807) is 11.8 Å². The summed E-state index contributed by atoms with van der Waals surface area (Å²) in [5, 5.41) is 10.9. The van der Waals surface area contributed by atoms with Crippen molar-refractivity contribution in [1.82, 2.24) is 0 Å². The van der Waals surface area contributed by atoms with E-state index in [9.17, 15) is 5.11 Å². The summed E-state index contributed by atoms with van der Waals surface area (Å²) in [7, 11) is 0. The monoisotopic (exact) mass is 187 g/mol. The molecule has 59 valence electrons. The summed E-state index contributed by atoms with van der Waals surface area (Å²) in [5.74, 6) is 0.627. The van der Waals surface area contributed by atoms with E-state index in [1.807, 2.05) is 24.3 Å². The summed E-state index contributed by atoms with van der Waals surface area (Å²) in [6.07, 6.45) is 0. The van der Waals surface area contributed by atoms with Gasteiger partial charge in [-0.15, -0.1) is 11.8 Å². The van der Waals surface area contributed by atoms with Crippen molar-refractivity contribution in [2.75, 3.05) is 12.4 Å². The van der Waals surface area contributed by atoms with Crippen molar-refractivity contribution in [2.24, 2.45) is 0 Å². The number of hydrogen-bond acceptors (Lipinski definition) is 1. The van der Waals surface area contributed by atoms with Gasteiger partial charge in [0.2, 0.25) is 0 Å². The summed E-state index contributed by atoms with van der Waals surface area (Å²) >= 11 is 7.23. The largest absolute Gasteiger partial charge is 0.236 e. The van der Waals surface area contributed by atoms with Gasteiger partial charge in [0.05, 0.1) is 6.61 Å². The second-order valence-corrected chi connectivity index (χ2v) is 3.61. The molecule has 0 aliphatic carbocycles. The Hall–Kier alpha value is -0.180. The quantitative estimate of drug-likeness (QED) is 0.667. The van der Waals surface area contributed by atoms with Crippen LogP contribution in [0, 0.1) is 0 Å². The fraction of sp³-hybridized carbons (Fsp3) is 0.250. The molecule has 1 nitrogen and oxygen atoms in total. The Bertz CT molecular complexity index is 210. The Labute approximate surface area is 75.4 Å². The van der Waals surface area contributed by atoms with Gasteiger partial charge < -0.3 is 0 Å². The maximum atomic E-state index is 10.1. The van der Waals surface area contributed by atoms with Crippen LogP contribution in [0.2, 0.25) is 5.02 Å². The third kappa shape index (κ3) is 3.14. The SMILES string of the molecule is [O]CCSc1ccc(Cl)cc1. The Morgan fingerprint density at radius 1 is 1.27 bits per heavy atom. The summed E-state index contributed by atoms with van der Waals surface area (Å²) in [6, 6.07) is 7.49. The molecule has 1 aromatic rings. The highest BCUT2D eigenvalue weighted by molar-refractivity contribution is 7.99. The second kappa shape index (κ2) is 4.65. The van der Waals surface area contributed by atoms with Gasteiger partial charge in [-0.25, -0.2) is 5.11 Å². The molecule has 1 rings (SSSR count). The lowest BCUT2D eigenvalue weighted by molar-refractivity contribution is 0.215. The van der Waals surface area contributed by atoms with Crippen molar-refractivity contribution >= 4 is 23.4 Å². The molecule has 0 atom stereocenters. The first-order chi connectivity index (χ1) is 5.33. The van der Waals surface area contributed by atoms with E-state index in [0.717, 1.165) is 9.92 Å². The molecule has 1 radical (unpaired) electrons. The van der Waals surface area contributed by atoms with Crippen LogP contribution in [0.3, 0.4) is 0 Å². The second-order valence-electron chi connectivity index (χ2n) is 2.01. The lowest BCUT2D eigenvalue weighted by atomic mass is 10.4. The molecular weight excluding hydrogens is 180 g/mol. The summed E-state index contributed by atoms with van der Waals surface area (Å²) in [6.45, 7) is -0.0344. The summed E-state index contributed by atoms with van der Waals surface area (Å²) < 4.78 is 0. The molecule has 0 unspecified atom stereocenters. The van der Waals surface area contributed by atoms with Crippen molar-refractivity contribution in [3.8, 4) is 0 Å². The molecule has 0 amide bonds. The fourth-order valence-electron chi connectivity index (χ4n) is 0.690. The molecule has 0 aliphatic rings. The number of halogens is 1. The Morgan fingerprint density at radius 2 is 1.91 bits per heavy atom. The molecule has 0 spiro atoms. The zero-order valence-corrected chi connectivity index (χ0v) is 7.49. The molecule has 0 fully saturated rings. The van der Waals surface area contributed by atoms with Crippen LogP contribution in [0.5, 0.6) is 0 Å². The molecule has 11 heavy (non-hydrogen) atoms. The zero-order valence-electron chi connectivity index (χ0n) is 5.92. The van der Waals surface area contributed by atoms with E-state index < -0.39 is 0 Å². The van der Waals surface area contributed by atoms with Crippen LogP contribution in [0.1, 0.15) is 0 Å². The first kappa shape index (κ1) is 8.91. The predicted molar refractivity (Wildman–Crippen MR) is 47.7 cm³/mol. The van der Waals surface area contributed by atoms with Crippen molar-refractivity contribution in [3.63, 3.8) is 0 Å². The standard InChI is InChI=1S/C8H8ClOS/c9-7-1-3-8(4-2-7)11-6-5-10/h1-4H,5-6H2. The highest BCUT2D eigenvalue weighted by atomic mass is 35.5. The zero-order chi connectivity index (χ0) is 8.10. The maximum Gasteiger partial charge on any atom is 0.0916 e. The Morgan fingerprint density at radius 3 is 2.45 bits per heavy atom. The van der Waals surface area contributed by atoms with Crippen LogP contribution < -0.4 is 0 Å². The molecule has 0 aromatic heterocycles. The first-order valence-electron chi connectivity index (χ1n) is 3.29. The molecule has 0 aliphatic heterocycles. The third-order valence-electron chi connectivity index (χ3n) is 1.17. The van der Waals surface area contributed by atoms with Gasteiger partial charge in [-0.1, -0.05) is 11.6 Å². The van der Waals surface area contributed by atoms with Gasteiger partial charge >= 0.3 is 0 Å². The highest BCUT2D eigenvalue weighted by Gasteiger charge is 1.92. The van der Waals surface area contributed by atoms with E-state index in [-0.39, 0.29) is 6.61 Å². The van der Waals surface area contributed by atoms with E-state index in [2.05, 4.69) is 0 Å². The van der Waals surface area contributed by atoms with E-state index >= 15 is 0 Å². The minimum Gasteiger partial charge on any atom is -0.236 e. The molecule has 0 N–H and O–H groups in total. The summed E-state index contributed by atoms with van der Waals surface area (Å²) in [5.41, 5.74) is 0. The molecule has 0 saturated carbocycles. The summed E-state index contributed by atoms with van der Waals surface area (Å²) in [4.78, 5) is 1.10. The molecule has 0 heterocycles. The number of hydrogen-bond donors (Lipinski definition) is 0. The van der Waals surface area contributed by atoms with Gasteiger partial charge in [0.25, 0.3) is 0 Å². The lowest BCUT2D eigenvalue weighted by Gasteiger charge is -1.97. The van der Waals surface area contributed by atoms with Crippen LogP contribution in [-0.4, -0.2) is 12.4 Å². The van der Waals surface area contributed by atoms with Gasteiger partial charge in [-0.3, -0.25) is 0 Å². The molecule has 3 heteroatoms. The Kier molecular flexibility index (Phi) is 3.77. The van der Waals surface area contributed by atoms with Crippen LogP contribution >= 0.6 is 23.4 Å². The maximum absolute atomic E-state index is 10.1. The first-order valence-corrected chi connectivity index (χ1v) is 4.66. The van der Waals surface area contributed by atoms with Crippen molar-refractivity contribution in [1.29, 1.82) is 0 Å². The number of benzene rings is 1. The van der Waals surface area contributed by atoms with Crippen LogP contribution in [-0.2, 0) is 5.11 Å². The molecule has 1 aromatic carbocycles. The third-order valence-corrected chi connectivity index (χ3v) is 2.39. The van der Waals surface area contributed by atoms with Crippen LogP contribution in [0.15, 0.2) is 29.2 Å². The van der Waals surface area contributed by atoms with Gasteiger partial charge in [-0.2, -0.15) is 0 Å². The van der Waals surface area contributed by atoms with Gasteiger partial charge in [0, 0.05) is 15.7 Å². The number of thioether (sulfide) groups is 1. The minimum atomic E-state index is -0.0344. The van der Waals surface area contributed by atoms with Gasteiger partial charge in [0.1, 0.15) is 0 Å².